The number of hydrogen-bond acceptors (Lipinski definition) is 0. The van der Waals surface area contributed by atoms with Crippen molar-refractivity contribution in [2.24, 2.45) is 0 Å². The van der Waals surface area contributed by atoms with Crippen molar-refractivity contribution >= 4 is 114 Å². The smallest absolute Gasteiger partial charge is 0.0771 e. The first-order valence-corrected chi connectivity index (χ1v) is 65.5. The number of fused-ring (bicyclic) bond motifs is 6. The zero-order valence-electron chi connectivity index (χ0n) is 63.8. The summed E-state index contributed by atoms with van der Waals surface area (Å²) >= 11 is 2.92. The van der Waals surface area contributed by atoms with Crippen LogP contribution in [0.25, 0.3) is 43.1 Å². The first-order valence-electron chi connectivity index (χ1n) is 34.8. The van der Waals surface area contributed by atoms with Gasteiger partial charge in [-0.1, -0.05) is 230 Å². The Kier molecular flexibility index (Phi) is 30.5. The molecular weight excluding hydrogens is 1510 g/mol. The molecule has 10 aromatic rings. The average Bonchev–Trinajstić information content (AvgIpc) is 1.58. The average molecular weight is 1620 g/mol. The van der Waals surface area contributed by atoms with Crippen molar-refractivity contribution in [3.8, 4) is 0 Å². The summed E-state index contributed by atoms with van der Waals surface area (Å²) < 4.78 is 2.83. The van der Waals surface area contributed by atoms with Gasteiger partial charge in [0.1, 0.15) is 0 Å². The van der Waals surface area contributed by atoms with Crippen LogP contribution in [0.3, 0.4) is 0 Å². The molecule has 2 aliphatic rings. The van der Waals surface area contributed by atoms with Gasteiger partial charge in [-0.2, -0.15) is 10.4 Å². The van der Waals surface area contributed by atoms with E-state index >= 15 is 0 Å². The molecule has 0 spiro atoms. The molecule has 0 heterocycles. The van der Waals surface area contributed by atoms with E-state index in [0.29, 0.717) is 11.1 Å². The summed E-state index contributed by atoms with van der Waals surface area (Å²) in [5.74, 6) is 0. The Bertz CT molecular complexity index is 3920. The van der Waals surface area contributed by atoms with Crippen LogP contribution in [0.4, 0.5) is 0 Å². The summed E-state index contributed by atoms with van der Waals surface area (Å²) in [6, 6.07) is 80.8. The molecule has 0 bridgehead atoms. The Morgan fingerprint density at radius 3 is 0.633 bits per heavy atom. The summed E-state index contributed by atoms with van der Waals surface area (Å²) in [4.78, 5) is 0. The zero-order chi connectivity index (χ0) is 71.0. The Labute approximate surface area is 644 Å². The third-order valence-electron chi connectivity index (χ3n) is 17.8. The second kappa shape index (κ2) is 35.2. The topological polar surface area (TPSA) is 0 Å². The van der Waals surface area contributed by atoms with E-state index < -0.39 is 64.6 Å². The second-order valence-electron chi connectivity index (χ2n) is 34.6. The maximum Gasteiger partial charge on any atom is -0.0771 e. The van der Waals surface area contributed by atoms with Gasteiger partial charge < -0.3 is 24.8 Å². The van der Waals surface area contributed by atoms with Gasteiger partial charge in [0.25, 0.3) is 0 Å². The van der Waals surface area contributed by atoms with Crippen LogP contribution in [0.2, 0.25) is 168 Å². The van der Waals surface area contributed by atoms with E-state index in [4.69, 9.17) is 0 Å². The zero-order valence-corrected chi connectivity index (χ0v) is 78.3. The van der Waals surface area contributed by atoms with Gasteiger partial charge in [0.15, 0.2) is 0 Å². The maximum absolute atomic E-state index is 4.12. The van der Waals surface area contributed by atoms with Crippen molar-refractivity contribution < 1.29 is 73.3 Å². The quantitative estimate of drug-likeness (QED) is 0.0845. The van der Waals surface area contributed by atoms with Gasteiger partial charge in [0.2, 0.25) is 0 Å². The van der Waals surface area contributed by atoms with E-state index in [1.807, 2.05) is 20.8 Å². The van der Waals surface area contributed by atoms with Crippen molar-refractivity contribution in [2.45, 2.75) is 168 Å². The summed E-state index contributed by atoms with van der Waals surface area (Å²) in [6.07, 6.45) is 8.24. The van der Waals surface area contributed by atoms with Gasteiger partial charge in [-0.25, -0.2) is 20.8 Å². The van der Waals surface area contributed by atoms with Crippen molar-refractivity contribution in [1.82, 2.24) is 0 Å². The fourth-order valence-corrected chi connectivity index (χ4v) is 43.3. The van der Waals surface area contributed by atoms with Gasteiger partial charge in [0, 0.05) is 32.3 Å². The number of rotatable bonds is 12. The Balaban J connectivity index is 0.000000213. The molecule has 512 valence electrons. The predicted octanol–water partition coefficient (Wildman–Crippen LogP) is 19.8. The molecule has 2 atom stereocenters. The molecular formula is C86H112Cl2Si8Zr2-2. The largest absolute Gasteiger partial charge is 0.126 e. The van der Waals surface area contributed by atoms with Crippen LogP contribution in [0.5, 0.6) is 0 Å². The minimum atomic E-state index is -1.32. The number of hydrogen-bond donors (Lipinski definition) is 0. The molecule has 0 saturated heterocycles. The van der Waals surface area contributed by atoms with E-state index in [-0.39, 0.29) is 24.8 Å². The molecule has 10 aromatic carbocycles. The molecule has 12 rings (SSSR count). The summed E-state index contributed by atoms with van der Waals surface area (Å²) in [5.41, 5.74) is 6.70. The number of halogens is 2. The van der Waals surface area contributed by atoms with Gasteiger partial charge in [-0.3, -0.25) is 12.2 Å². The Morgan fingerprint density at radius 2 is 0.459 bits per heavy atom. The molecule has 0 amide bonds. The predicted molar refractivity (Wildman–Crippen MR) is 448 cm³/mol. The first-order chi connectivity index (χ1) is 44.6. The molecule has 12 heteroatoms. The van der Waals surface area contributed by atoms with E-state index in [0.717, 1.165) is 0 Å². The Morgan fingerprint density at radius 1 is 0.265 bits per heavy atom. The Hall–Kier alpha value is -3.72. The summed E-state index contributed by atoms with van der Waals surface area (Å²) in [6.45, 7) is 61.0. The summed E-state index contributed by atoms with van der Waals surface area (Å²) in [5, 5.41) is 21.7. The molecule has 0 aliphatic heterocycles. The van der Waals surface area contributed by atoms with Crippen molar-refractivity contribution in [1.29, 1.82) is 0 Å². The van der Waals surface area contributed by atoms with E-state index in [2.05, 4.69) is 400 Å². The normalized spacial score (nSPS) is 15.1. The van der Waals surface area contributed by atoms with Crippen molar-refractivity contribution in [3.63, 3.8) is 0 Å². The first kappa shape index (κ1) is 84.9. The van der Waals surface area contributed by atoms with Crippen LogP contribution in [-0.4, -0.2) is 71.0 Å². The third kappa shape index (κ3) is 22.6. The second-order valence-corrected chi connectivity index (χ2v) is 77.7. The van der Waals surface area contributed by atoms with Gasteiger partial charge in [-0.15, -0.1) is 90.6 Å². The number of benzene rings is 8. The SMILES string of the molecule is C[Si](C)(C)C1=[C-]C([Si](C)(C)C)C([Si](C)(C)C)=C1[Si](C)(C)C.C[Si](C)(C)C1=[C-]C([Si](C)(C)C)C([Si](C)(C)C)=C1[Si](C)(C)C.[Cl-].[Cl-].[Zr+2]=[C](c1ccccc1)c1ccccc1.[Zr+2]=[C](c1ccccc1)c1ccccc1.c1ccc2c(c1)[cH-]c1ccccc12.c1ccc2c(c1)[cH-]c1ccccc12. The van der Waals surface area contributed by atoms with E-state index in [1.165, 1.54) is 120 Å². The van der Waals surface area contributed by atoms with Gasteiger partial charge >= 0.3 is 198 Å². The molecule has 2 aliphatic carbocycles. The molecule has 0 radical (unpaired) electrons. The van der Waals surface area contributed by atoms with Crippen LogP contribution in [-0.2, 0) is 48.5 Å². The van der Waals surface area contributed by atoms with Crippen LogP contribution < -0.4 is 24.8 Å². The van der Waals surface area contributed by atoms with E-state index in [9.17, 15) is 0 Å². The minimum Gasteiger partial charge on any atom is -0.126 e. The molecule has 0 N–H and O–H groups in total. The molecule has 0 fully saturated rings. The van der Waals surface area contributed by atoms with Crippen molar-refractivity contribution in [2.75, 3.05) is 0 Å². The van der Waals surface area contributed by atoms with Crippen LogP contribution in [0.15, 0.2) is 262 Å². The van der Waals surface area contributed by atoms with Crippen LogP contribution >= 0.6 is 0 Å². The third-order valence-corrected chi connectivity index (χ3v) is 38.7. The molecule has 0 nitrogen and oxygen atoms in total. The van der Waals surface area contributed by atoms with Crippen LogP contribution in [0, 0.1) is 12.2 Å². The van der Waals surface area contributed by atoms with Crippen molar-refractivity contribution in [3.05, 3.63) is 296 Å². The fraction of sp³-hybridized carbons (Fsp3) is 0.302. The van der Waals surface area contributed by atoms with Gasteiger partial charge in [-0.05, 0) is 16.1 Å². The minimum absolute atomic E-state index is 0. The molecule has 2 unspecified atom stereocenters. The standard InChI is InChI=1S/2C17H37Si4.2C13H9.2C13H10.2ClH.2Zr/c2*1-18(2,3)14-13-15(19(4,5)6)17(21(10,11)12)16(14)20(7,8)9;2*1-3-7-12-10(5-1)9-11-6-2-4-8-13(11)12;2*1-3-7-12(8-4-1)11-13-9-5-2-6-10-13;;;;/h2*14H,1-12H3;2*1-9H;2*1-10H;2*1H;;/q4*-1;;;;;2*+2/p-2. The summed E-state index contributed by atoms with van der Waals surface area (Å²) in [7, 11) is -10.4. The maximum atomic E-state index is 4.12. The van der Waals surface area contributed by atoms with Gasteiger partial charge in [0.05, 0.1) is 16.1 Å². The molecule has 98 heavy (non-hydrogen) atoms. The number of allylic oxidation sites excluding steroid dienone is 8. The van der Waals surface area contributed by atoms with E-state index in [1.54, 1.807) is 10.4 Å². The van der Waals surface area contributed by atoms with Crippen LogP contribution in [0.1, 0.15) is 22.3 Å². The molecule has 0 saturated carbocycles. The fourth-order valence-electron chi connectivity index (χ4n) is 13.4. The molecule has 0 aromatic heterocycles. The monoisotopic (exact) mass is 1620 g/mol.